The number of rotatable bonds is 6. The Hall–Kier alpha value is -2.25. The van der Waals surface area contributed by atoms with Gasteiger partial charge in [-0.05, 0) is 36.3 Å². The van der Waals surface area contributed by atoms with Gasteiger partial charge in [-0.3, -0.25) is 19.7 Å². The van der Waals surface area contributed by atoms with Gasteiger partial charge < -0.3 is 16.0 Å². The molecule has 2 aliphatic heterocycles. The lowest BCUT2D eigenvalue weighted by Crippen LogP contribution is -2.52. The molecule has 0 spiro atoms. The normalized spacial score (nSPS) is 23.8. The Morgan fingerprint density at radius 3 is 2.74 bits per heavy atom. The first kappa shape index (κ1) is 18.1. The summed E-state index contributed by atoms with van der Waals surface area (Å²) in [6.45, 7) is 1.73. The number of hydrogen-bond donors (Lipinski definition) is 3. The van der Waals surface area contributed by atoms with Gasteiger partial charge in [-0.2, -0.15) is 0 Å². The third kappa shape index (κ3) is 3.49. The number of benzene rings is 1. The van der Waals surface area contributed by atoms with Gasteiger partial charge in [0, 0.05) is 37.7 Å². The summed E-state index contributed by atoms with van der Waals surface area (Å²) in [7, 11) is 0. The highest BCUT2D eigenvalue weighted by Gasteiger charge is 2.39. The van der Waals surface area contributed by atoms with Crippen LogP contribution in [0, 0.1) is 5.92 Å². The molecule has 144 valence electrons. The lowest BCUT2D eigenvalue weighted by Gasteiger charge is -2.31. The van der Waals surface area contributed by atoms with Gasteiger partial charge in [0.05, 0.1) is 0 Å². The number of amides is 3. The molecule has 1 aromatic carbocycles. The van der Waals surface area contributed by atoms with E-state index in [2.05, 4.69) is 10.6 Å². The van der Waals surface area contributed by atoms with Gasteiger partial charge in [-0.15, -0.1) is 0 Å². The average molecular weight is 370 g/mol. The molecule has 1 aromatic rings. The zero-order chi connectivity index (χ0) is 19.0. The fourth-order valence-corrected chi connectivity index (χ4v) is 4.25. The Kier molecular flexibility index (Phi) is 4.97. The molecule has 4 N–H and O–H groups in total. The summed E-state index contributed by atoms with van der Waals surface area (Å²) in [6, 6.07) is 5.42. The van der Waals surface area contributed by atoms with Crippen molar-refractivity contribution in [2.45, 2.75) is 57.3 Å². The first-order valence-electron chi connectivity index (χ1n) is 9.76. The van der Waals surface area contributed by atoms with Crippen molar-refractivity contribution in [3.8, 4) is 0 Å². The van der Waals surface area contributed by atoms with Crippen LogP contribution in [0.4, 0.5) is 0 Å². The predicted molar refractivity (Wildman–Crippen MR) is 99.5 cm³/mol. The Morgan fingerprint density at radius 1 is 1.22 bits per heavy atom. The maximum Gasteiger partial charge on any atom is 0.255 e. The second-order valence-corrected chi connectivity index (χ2v) is 7.84. The van der Waals surface area contributed by atoms with Crippen LogP contribution in [0.3, 0.4) is 0 Å². The first-order valence-corrected chi connectivity index (χ1v) is 9.76. The van der Waals surface area contributed by atoms with Crippen LogP contribution in [0.25, 0.3) is 0 Å². The molecule has 2 unspecified atom stereocenters. The lowest BCUT2D eigenvalue weighted by molar-refractivity contribution is -0.136. The van der Waals surface area contributed by atoms with Crippen LogP contribution in [0.5, 0.6) is 0 Å². The van der Waals surface area contributed by atoms with Gasteiger partial charge in [-0.25, -0.2) is 0 Å². The van der Waals surface area contributed by atoms with Crippen LogP contribution in [-0.2, 0) is 22.7 Å². The van der Waals surface area contributed by atoms with E-state index >= 15 is 0 Å². The van der Waals surface area contributed by atoms with Gasteiger partial charge in [-0.1, -0.05) is 24.6 Å². The van der Waals surface area contributed by atoms with E-state index in [0.717, 1.165) is 17.7 Å². The van der Waals surface area contributed by atoms with Crippen molar-refractivity contribution in [1.29, 1.82) is 0 Å². The van der Waals surface area contributed by atoms with Crippen LogP contribution in [0.2, 0.25) is 0 Å². The molecule has 2 fully saturated rings. The van der Waals surface area contributed by atoms with E-state index in [0.29, 0.717) is 31.0 Å². The summed E-state index contributed by atoms with van der Waals surface area (Å²) in [5, 5.41) is 5.73. The van der Waals surface area contributed by atoms with Gasteiger partial charge >= 0.3 is 0 Å². The van der Waals surface area contributed by atoms with E-state index < -0.39 is 6.04 Å². The number of nitrogens with two attached hydrogens (primary N) is 1. The molecule has 0 bridgehead atoms. The molecule has 0 aromatic heterocycles. The highest BCUT2D eigenvalue weighted by atomic mass is 16.2. The van der Waals surface area contributed by atoms with Crippen molar-refractivity contribution >= 4 is 17.7 Å². The molecular formula is C20H26N4O3. The summed E-state index contributed by atoms with van der Waals surface area (Å²) in [4.78, 5) is 38.2. The van der Waals surface area contributed by atoms with Crippen LogP contribution in [0.1, 0.15) is 53.6 Å². The van der Waals surface area contributed by atoms with E-state index in [-0.39, 0.29) is 30.2 Å². The van der Waals surface area contributed by atoms with E-state index in [1.54, 1.807) is 4.90 Å². The maximum atomic E-state index is 13.0. The number of piperidine rings is 1. The minimum Gasteiger partial charge on any atom is -0.326 e. The molecule has 3 aliphatic rings. The summed E-state index contributed by atoms with van der Waals surface area (Å²) in [6.07, 6.45) is 4.35. The van der Waals surface area contributed by atoms with Crippen LogP contribution < -0.4 is 16.4 Å². The number of nitrogens with zero attached hydrogens (tertiary/aromatic N) is 1. The fourth-order valence-electron chi connectivity index (χ4n) is 4.25. The zero-order valence-corrected chi connectivity index (χ0v) is 15.4. The molecule has 1 saturated heterocycles. The molecule has 2 atom stereocenters. The quantitative estimate of drug-likeness (QED) is 0.638. The minimum atomic E-state index is -0.574. The summed E-state index contributed by atoms with van der Waals surface area (Å²) < 4.78 is 0. The number of nitrogens with one attached hydrogen (secondary N) is 2. The average Bonchev–Trinajstić information content (AvgIpc) is 2.91. The predicted octanol–water partition coefficient (Wildman–Crippen LogP) is 0.665. The maximum absolute atomic E-state index is 13.0. The Bertz CT molecular complexity index is 774. The smallest absolute Gasteiger partial charge is 0.255 e. The van der Waals surface area contributed by atoms with Crippen molar-refractivity contribution < 1.29 is 14.4 Å². The second-order valence-electron chi connectivity index (χ2n) is 7.84. The molecular weight excluding hydrogens is 344 g/mol. The molecule has 1 aliphatic carbocycles. The fraction of sp³-hybridized carbons (Fsp3) is 0.550. The SMILES string of the molecule is NC(CNCc1cccc2c1C(=O)N(C1CCC(=O)NC1=O)C2)C1CCC1. The number of imide groups is 1. The Labute approximate surface area is 158 Å². The molecule has 7 heteroatoms. The number of carbonyl (C=O) groups is 3. The van der Waals surface area contributed by atoms with Crippen LogP contribution in [0.15, 0.2) is 18.2 Å². The third-order valence-corrected chi connectivity index (χ3v) is 6.09. The van der Waals surface area contributed by atoms with Gasteiger partial charge in [0.1, 0.15) is 6.04 Å². The van der Waals surface area contributed by atoms with E-state index in [4.69, 9.17) is 5.73 Å². The molecule has 1 saturated carbocycles. The van der Waals surface area contributed by atoms with Crippen molar-refractivity contribution in [2.24, 2.45) is 11.7 Å². The van der Waals surface area contributed by atoms with Crippen LogP contribution >= 0.6 is 0 Å². The molecule has 7 nitrogen and oxygen atoms in total. The molecule has 0 radical (unpaired) electrons. The zero-order valence-electron chi connectivity index (χ0n) is 15.4. The Balaban J connectivity index is 1.43. The van der Waals surface area contributed by atoms with Gasteiger partial charge in [0.15, 0.2) is 0 Å². The highest BCUT2D eigenvalue weighted by Crippen LogP contribution is 2.30. The Morgan fingerprint density at radius 2 is 2.04 bits per heavy atom. The van der Waals surface area contributed by atoms with Crippen molar-refractivity contribution in [3.05, 3.63) is 34.9 Å². The lowest BCUT2D eigenvalue weighted by atomic mass is 9.80. The second kappa shape index (κ2) is 7.40. The van der Waals surface area contributed by atoms with Gasteiger partial charge in [0.25, 0.3) is 5.91 Å². The van der Waals surface area contributed by atoms with Crippen molar-refractivity contribution in [1.82, 2.24) is 15.5 Å². The van der Waals surface area contributed by atoms with E-state index in [1.165, 1.54) is 19.3 Å². The third-order valence-electron chi connectivity index (χ3n) is 6.09. The molecule has 4 rings (SSSR count). The van der Waals surface area contributed by atoms with Crippen molar-refractivity contribution in [3.63, 3.8) is 0 Å². The number of hydrogen-bond acceptors (Lipinski definition) is 5. The number of fused-ring (bicyclic) bond motifs is 1. The molecule has 2 heterocycles. The molecule has 3 amide bonds. The van der Waals surface area contributed by atoms with E-state index in [1.807, 2.05) is 18.2 Å². The first-order chi connectivity index (χ1) is 13.0. The van der Waals surface area contributed by atoms with Crippen molar-refractivity contribution in [2.75, 3.05) is 6.54 Å². The summed E-state index contributed by atoms with van der Waals surface area (Å²) >= 11 is 0. The highest BCUT2D eigenvalue weighted by molar-refractivity contribution is 6.05. The monoisotopic (exact) mass is 370 g/mol. The molecule has 27 heavy (non-hydrogen) atoms. The van der Waals surface area contributed by atoms with E-state index in [9.17, 15) is 14.4 Å². The minimum absolute atomic E-state index is 0.125. The van der Waals surface area contributed by atoms with Gasteiger partial charge in [0.2, 0.25) is 11.8 Å². The number of carbonyl (C=O) groups excluding carboxylic acids is 3. The summed E-state index contributed by atoms with van der Waals surface area (Å²) in [5.41, 5.74) is 8.78. The standard InChI is InChI=1S/C20H26N4O3/c21-15(12-3-1-4-12)10-22-9-13-5-2-6-14-11-24(20(27)18(13)14)16-7-8-17(25)23-19(16)26/h2,5-6,12,15-16,22H,1,3-4,7-11,21H2,(H,23,25,26). The topological polar surface area (TPSA) is 105 Å². The van der Waals surface area contributed by atoms with Crippen LogP contribution in [-0.4, -0.2) is 41.2 Å². The summed E-state index contributed by atoms with van der Waals surface area (Å²) in [5.74, 6) is -0.157. The largest absolute Gasteiger partial charge is 0.326 e.